The van der Waals surface area contributed by atoms with Crippen LogP contribution in [0.2, 0.25) is 0 Å². The summed E-state index contributed by atoms with van der Waals surface area (Å²) in [6, 6.07) is 13.9. The number of likely N-dealkylation sites (N-methyl/N-ethyl adjacent to an activating group) is 2. The summed E-state index contributed by atoms with van der Waals surface area (Å²) < 4.78 is 5.30. The SMILES string of the molecule is CCNCCNC(=O)CN(CC(=O)N(C)N1Cc2ccccc2C1)c1ccc(-c2nc(C)no2)cc1C. The van der Waals surface area contributed by atoms with Gasteiger partial charge in [0.25, 0.3) is 11.8 Å². The third-order valence-electron chi connectivity index (χ3n) is 6.46. The van der Waals surface area contributed by atoms with Gasteiger partial charge in [0.2, 0.25) is 5.91 Å². The number of hydrazine groups is 1. The van der Waals surface area contributed by atoms with Crippen molar-refractivity contribution in [2.24, 2.45) is 0 Å². The van der Waals surface area contributed by atoms with Gasteiger partial charge in [-0.1, -0.05) is 36.3 Å². The van der Waals surface area contributed by atoms with Gasteiger partial charge < -0.3 is 20.1 Å². The number of benzene rings is 2. The van der Waals surface area contributed by atoms with Crippen molar-refractivity contribution in [1.29, 1.82) is 0 Å². The van der Waals surface area contributed by atoms with E-state index in [4.69, 9.17) is 4.52 Å². The lowest BCUT2D eigenvalue weighted by Crippen LogP contribution is -2.48. The lowest BCUT2D eigenvalue weighted by molar-refractivity contribution is -0.145. The Morgan fingerprint density at radius 2 is 1.78 bits per heavy atom. The molecule has 3 aromatic rings. The van der Waals surface area contributed by atoms with Crippen LogP contribution in [0.4, 0.5) is 5.69 Å². The Hall–Kier alpha value is -3.76. The highest BCUT2D eigenvalue weighted by Crippen LogP contribution is 2.27. The molecule has 1 aliphatic rings. The first kappa shape index (κ1) is 26.3. The van der Waals surface area contributed by atoms with E-state index >= 15 is 0 Å². The van der Waals surface area contributed by atoms with E-state index < -0.39 is 0 Å². The van der Waals surface area contributed by atoms with Gasteiger partial charge in [-0.3, -0.25) is 14.6 Å². The van der Waals surface area contributed by atoms with E-state index in [1.54, 1.807) is 19.0 Å². The minimum atomic E-state index is -0.141. The van der Waals surface area contributed by atoms with Crippen molar-refractivity contribution in [2.45, 2.75) is 33.9 Å². The molecule has 0 bridgehead atoms. The van der Waals surface area contributed by atoms with Crippen LogP contribution in [0.5, 0.6) is 0 Å². The Balaban J connectivity index is 1.50. The van der Waals surface area contributed by atoms with Crippen molar-refractivity contribution in [3.05, 3.63) is 65.0 Å². The number of carbonyl (C=O) groups is 2. The molecule has 0 saturated heterocycles. The van der Waals surface area contributed by atoms with Crippen molar-refractivity contribution in [1.82, 2.24) is 30.8 Å². The second kappa shape index (κ2) is 12.0. The van der Waals surface area contributed by atoms with Gasteiger partial charge in [-0.25, -0.2) is 5.01 Å². The van der Waals surface area contributed by atoms with Crippen LogP contribution in [0.3, 0.4) is 0 Å². The number of nitrogens with zero attached hydrogens (tertiary/aromatic N) is 5. The summed E-state index contributed by atoms with van der Waals surface area (Å²) in [6.07, 6.45) is 0. The molecule has 37 heavy (non-hydrogen) atoms. The van der Waals surface area contributed by atoms with Crippen LogP contribution in [-0.2, 0) is 22.7 Å². The summed E-state index contributed by atoms with van der Waals surface area (Å²) >= 11 is 0. The largest absolute Gasteiger partial charge is 0.353 e. The van der Waals surface area contributed by atoms with Crippen molar-refractivity contribution < 1.29 is 14.1 Å². The van der Waals surface area contributed by atoms with E-state index in [0.29, 0.717) is 37.9 Å². The summed E-state index contributed by atoms with van der Waals surface area (Å²) in [6.45, 7) is 9.28. The van der Waals surface area contributed by atoms with E-state index in [2.05, 4.69) is 32.9 Å². The molecule has 1 aromatic heterocycles. The molecule has 10 nitrogen and oxygen atoms in total. The Morgan fingerprint density at radius 1 is 1.05 bits per heavy atom. The van der Waals surface area contributed by atoms with Gasteiger partial charge in [-0.2, -0.15) is 4.98 Å². The number of rotatable bonds is 11. The van der Waals surface area contributed by atoms with Gasteiger partial charge in [-0.15, -0.1) is 0 Å². The average Bonchev–Trinajstić information content (AvgIpc) is 3.52. The summed E-state index contributed by atoms with van der Waals surface area (Å²) in [5, 5.41) is 13.7. The monoisotopic (exact) mass is 505 g/mol. The van der Waals surface area contributed by atoms with Crippen molar-refractivity contribution in [3.8, 4) is 11.5 Å². The smallest absolute Gasteiger partial charge is 0.257 e. The number of aryl methyl sites for hydroxylation is 2. The first-order valence-electron chi connectivity index (χ1n) is 12.6. The minimum Gasteiger partial charge on any atom is -0.353 e. The number of anilines is 1. The molecule has 1 aliphatic heterocycles. The summed E-state index contributed by atoms with van der Waals surface area (Å²) in [7, 11) is 1.79. The fourth-order valence-corrected chi connectivity index (χ4v) is 4.43. The Morgan fingerprint density at radius 3 is 2.41 bits per heavy atom. The summed E-state index contributed by atoms with van der Waals surface area (Å²) in [4.78, 5) is 32.3. The second-order valence-electron chi connectivity index (χ2n) is 9.22. The molecule has 0 unspecified atom stereocenters. The van der Waals surface area contributed by atoms with Crippen LogP contribution in [0.25, 0.3) is 11.5 Å². The zero-order chi connectivity index (χ0) is 26.4. The minimum absolute atomic E-state index is 0.0594. The standard InChI is InChI=1S/C27H35N7O3/c1-5-28-12-13-29-25(35)17-33(24-11-10-21(14-19(24)2)27-30-20(3)31-37-27)18-26(36)32(4)34-15-22-8-6-7-9-23(22)16-34/h6-11,14,28H,5,12-13,15-18H2,1-4H3,(H,29,35). The maximum absolute atomic E-state index is 13.4. The molecule has 0 saturated carbocycles. The molecule has 0 spiro atoms. The Bertz CT molecular complexity index is 1220. The number of carbonyl (C=O) groups excluding carboxylic acids is 2. The quantitative estimate of drug-likeness (QED) is 0.382. The van der Waals surface area contributed by atoms with Crippen molar-refractivity contribution in [2.75, 3.05) is 44.7 Å². The van der Waals surface area contributed by atoms with Crippen LogP contribution in [0.15, 0.2) is 47.0 Å². The molecule has 0 fully saturated rings. The van der Waals surface area contributed by atoms with Gasteiger partial charge in [0.05, 0.1) is 13.1 Å². The molecule has 0 radical (unpaired) electrons. The third kappa shape index (κ3) is 6.52. The van der Waals surface area contributed by atoms with Gasteiger partial charge in [0.1, 0.15) is 0 Å². The predicted molar refractivity (Wildman–Crippen MR) is 141 cm³/mol. The average molecular weight is 506 g/mol. The topological polar surface area (TPSA) is 107 Å². The molecular formula is C27H35N7O3. The maximum atomic E-state index is 13.4. The zero-order valence-corrected chi connectivity index (χ0v) is 22.0. The Kier molecular flexibility index (Phi) is 8.52. The molecule has 4 rings (SSSR count). The lowest BCUT2D eigenvalue weighted by Gasteiger charge is -2.32. The second-order valence-corrected chi connectivity index (χ2v) is 9.22. The van der Waals surface area contributed by atoms with E-state index in [1.165, 1.54) is 11.1 Å². The van der Waals surface area contributed by atoms with Gasteiger partial charge in [-0.05, 0) is 55.3 Å². The van der Waals surface area contributed by atoms with Crippen LogP contribution in [0.1, 0.15) is 29.4 Å². The number of hydrogen-bond acceptors (Lipinski definition) is 8. The molecule has 2 amide bonds. The van der Waals surface area contributed by atoms with Gasteiger partial charge in [0, 0.05) is 44.5 Å². The fourth-order valence-electron chi connectivity index (χ4n) is 4.43. The lowest BCUT2D eigenvalue weighted by atomic mass is 10.1. The van der Waals surface area contributed by atoms with Crippen LogP contribution in [-0.4, -0.2) is 71.7 Å². The number of aromatic nitrogens is 2. The maximum Gasteiger partial charge on any atom is 0.257 e. The van der Waals surface area contributed by atoms with Crippen LogP contribution in [0, 0.1) is 13.8 Å². The summed E-state index contributed by atoms with van der Waals surface area (Å²) in [5.41, 5.74) is 4.94. The third-order valence-corrected chi connectivity index (χ3v) is 6.46. The van der Waals surface area contributed by atoms with Gasteiger partial charge in [0.15, 0.2) is 5.82 Å². The van der Waals surface area contributed by atoms with Gasteiger partial charge >= 0.3 is 0 Å². The summed E-state index contributed by atoms with van der Waals surface area (Å²) in [5.74, 6) is 0.761. The van der Waals surface area contributed by atoms with Crippen molar-refractivity contribution in [3.63, 3.8) is 0 Å². The molecule has 2 heterocycles. The van der Waals surface area contributed by atoms with Crippen LogP contribution >= 0.6 is 0 Å². The molecule has 196 valence electrons. The van der Waals surface area contributed by atoms with Crippen molar-refractivity contribution >= 4 is 17.5 Å². The molecule has 2 aromatic carbocycles. The number of hydrogen-bond donors (Lipinski definition) is 2. The zero-order valence-electron chi connectivity index (χ0n) is 22.0. The van der Waals surface area contributed by atoms with E-state index in [-0.39, 0.29) is 24.9 Å². The van der Waals surface area contributed by atoms with Crippen LogP contribution < -0.4 is 15.5 Å². The first-order chi connectivity index (χ1) is 17.9. The highest BCUT2D eigenvalue weighted by molar-refractivity contribution is 5.87. The molecular weight excluding hydrogens is 470 g/mol. The molecule has 0 atom stereocenters. The molecule has 2 N–H and O–H groups in total. The molecule has 10 heteroatoms. The Labute approximate surface area is 217 Å². The number of amides is 2. The normalized spacial score (nSPS) is 12.9. The van der Waals surface area contributed by atoms with E-state index in [0.717, 1.165) is 23.4 Å². The number of nitrogens with one attached hydrogen (secondary N) is 2. The van der Waals surface area contributed by atoms with E-state index in [9.17, 15) is 9.59 Å². The highest BCUT2D eigenvalue weighted by atomic mass is 16.5. The molecule has 0 aliphatic carbocycles. The highest BCUT2D eigenvalue weighted by Gasteiger charge is 2.27. The van der Waals surface area contributed by atoms with E-state index in [1.807, 2.05) is 54.1 Å². The number of fused-ring (bicyclic) bond motifs is 1. The predicted octanol–water partition coefficient (Wildman–Crippen LogP) is 2.27. The first-order valence-corrected chi connectivity index (χ1v) is 12.6. The fraction of sp³-hybridized carbons (Fsp3) is 0.407.